The topological polar surface area (TPSA) is 84.2 Å². The molecule has 5 nitrogen and oxygen atoms in total. The van der Waals surface area contributed by atoms with Crippen LogP contribution in [0, 0.1) is 6.92 Å². The summed E-state index contributed by atoms with van der Waals surface area (Å²) in [6, 6.07) is 5.02. The molecule has 0 fully saturated rings. The highest BCUT2D eigenvalue weighted by molar-refractivity contribution is 5.97. The Hall–Kier alpha value is -2.04. The zero-order valence-electron chi connectivity index (χ0n) is 11.8. The van der Waals surface area contributed by atoms with Crippen LogP contribution in [0.15, 0.2) is 18.2 Å². The van der Waals surface area contributed by atoms with E-state index in [0.717, 1.165) is 5.56 Å². The van der Waals surface area contributed by atoms with Crippen LogP contribution < -0.4 is 16.4 Å². The van der Waals surface area contributed by atoms with Crippen LogP contribution in [0.4, 0.5) is 5.69 Å². The lowest BCUT2D eigenvalue weighted by Crippen LogP contribution is -2.45. The van der Waals surface area contributed by atoms with E-state index < -0.39 is 0 Å². The fourth-order valence-electron chi connectivity index (χ4n) is 1.54. The van der Waals surface area contributed by atoms with Gasteiger partial charge in [0.15, 0.2) is 0 Å². The van der Waals surface area contributed by atoms with Gasteiger partial charge in [0, 0.05) is 16.8 Å². The number of nitrogen functional groups attached to an aromatic ring is 1. The summed E-state index contributed by atoms with van der Waals surface area (Å²) < 4.78 is 0. The molecule has 0 heterocycles. The molecule has 0 radical (unpaired) electrons. The molecule has 2 amide bonds. The maximum atomic E-state index is 11.8. The van der Waals surface area contributed by atoms with Crippen molar-refractivity contribution in [1.82, 2.24) is 10.6 Å². The molecule has 1 aromatic rings. The first-order valence-electron chi connectivity index (χ1n) is 6.14. The summed E-state index contributed by atoms with van der Waals surface area (Å²) >= 11 is 0. The zero-order chi connectivity index (χ0) is 14.6. The van der Waals surface area contributed by atoms with Gasteiger partial charge >= 0.3 is 0 Å². The molecule has 0 aliphatic carbocycles. The second-order valence-corrected chi connectivity index (χ2v) is 5.55. The van der Waals surface area contributed by atoms with Crippen LogP contribution in [-0.4, -0.2) is 23.9 Å². The van der Waals surface area contributed by atoms with Gasteiger partial charge in [0.1, 0.15) is 0 Å². The van der Waals surface area contributed by atoms with Gasteiger partial charge in [-0.25, -0.2) is 0 Å². The quantitative estimate of drug-likeness (QED) is 0.717. The van der Waals surface area contributed by atoms with E-state index in [-0.39, 0.29) is 23.9 Å². The molecule has 5 heteroatoms. The summed E-state index contributed by atoms with van der Waals surface area (Å²) in [7, 11) is 0. The molecule has 0 aromatic heterocycles. The number of anilines is 1. The molecule has 0 aliphatic rings. The van der Waals surface area contributed by atoms with Crippen LogP contribution in [-0.2, 0) is 4.79 Å². The number of carbonyl (C=O) groups excluding carboxylic acids is 2. The van der Waals surface area contributed by atoms with E-state index in [9.17, 15) is 9.59 Å². The lowest BCUT2D eigenvalue weighted by Gasteiger charge is -2.20. The third kappa shape index (κ3) is 4.99. The monoisotopic (exact) mass is 263 g/mol. The number of hydrogen-bond acceptors (Lipinski definition) is 3. The van der Waals surface area contributed by atoms with Gasteiger partial charge in [-0.1, -0.05) is 0 Å². The van der Waals surface area contributed by atoms with Gasteiger partial charge in [0.05, 0.1) is 6.54 Å². The lowest BCUT2D eigenvalue weighted by molar-refractivity contribution is -0.121. The van der Waals surface area contributed by atoms with Gasteiger partial charge in [-0.15, -0.1) is 0 Å². The smallest absolute Gasteiger partial charge is 0.251 e. The summed E-state index contributed by atoms with van der Waals surface area (Å²) in [4.78, 5) is 23.4. The van der Waals surface area contributed by atoms with Crippen molar-refractivity contribution in [3.05, 3.63) is 29.3 Å². The molecule has 0 saturated carbocycles. The first-order valence-corrected chi connectivity index (χ1v) is 6.14. The summed E-state index contributed by atoms with van der Waals surface area (Å²) in [6.07, 6.45) is 0. The molecule has 0 aliphatic heterocycles. The zero-order valence-corrected chi connectivity index (χ0v) is 11.8. The Morgan fingerprint density at radius 1 is 1.26 bits per heavy atom. The Kier molecular flexibility index (Phi) is 4.53. The number of amides is 2. The van der Waals surface area contributed by atoms with Crippen molar-refractivity contribution >= 4 is 17.5 Å². The average molecular weight is 263 g/mol. The predicted molar refractivity (Wildman–Crippen MR) is 75.8 cm³/mol. The fraction of sp³-hybridized carbons (Fsp3) is 0.429. The molecule has 0 saturated heterocycles. The second-order valence-electron chi connectivity index (χ2n) is 5.55. The number of nitrogens with one attached hydrogen (secondary N) is 2. The van der Waals surface area contributed by atoms with Gasteiger partial charge < -0.3 is 16.4 Å². The molecule has 1 rings (SSSR count). The van der Waals surface area contributed by atoms with E-state index in [1.807, 2.05) is 27.7 Å². The van der Waals surface area contributed by atoms with Gasteiger partial charge in [-0.3, -0.25) is 9.59 Å². The van der Waals surface area contributed by atoms with Crippen LogP contribution in [0.1, 0.15) is 36.7 Å². The maximum absolute atomic E-state index is 11.8. The molecular weight excluding hydrogens is 242 g/mol. The van der Waals surface area contributed by atoms with Crippen LogP contribution >= 0.6 is 0 Å². The summed E-state index contributed by atoms with van der Waals surface area (Å²) in [5, 5.41) is 5.35. The predicted octanol–water partition coefficient (Wildman–Crippen LogP) is 1.22. The van der Waals surface area contributed by atoms with E-state index in [4.69, 9.17) is 5.73 Å². The van der Waals surface area contributed by atoms with Crippen molar-refractivity contribution < 1.29 is 9.59 Å². The van der Waals surface area contributed by atoms with Crippen molar-refractivity contribution in [2.45, 2.75) is 33.2 Å². The van der Waals surface area contributed by atoms with Gasteiger partial charge in [0.2, 0.25) is 5.91 Å². The lowest BCUT2D eigenvalue weighted by atomic mass is 10.1. The first-order chi connectivity index (χ1) is 8.69. The molecule has 19 heavy (non-hydrogen) atoms. The minimum absolute atomic E-state index is 0.0421. The van der Waals surface area contributed by atoms with E-state index in [2.05, 4.69) is 10.6 Å². The Morgan fingerprint density at radius 3 is 2.42 bits per heavy atom. The Balaban J connectivity index is 2.56. The fourth-order valence-corrected chi connectivity index (χ4v) is 1.54. The van der Waals surface area contributed by atoms with E-state index >= 15 is 0 Å². The molecule has 0 spiro atoms. The molecule has 4 N–H and O–H groups in total. The number of carbonyl (C=O) groups is 2. The molecule has 0 bridgehead atoms. The van der Waals surface area contributed by atoms with E-state index in [1.165, 1.54) is 0 Å². The minimum Gasteiger partial charge on any atom is -0.399 e. The molecule has 0 unspecified atom stereocenters. The molecule has 104 valence electrons. The molecular formula is C14H21N3O2. The normalized spacial score (nSPS) is 10.9. The van der Waals surface area contributed by atoms with E-state index in [1.54, 1.807) is 18.2 Å². The largest absolute Gasteiger partial charge is 0.399 e. The minimum atomic E-state index is -0.306. The third-order valence-corrected chi connectivity index (χ3v) is 2.46. The Labute approximate surface area is 113 Å². The summed E-state index contributed by atoms with van der Waals surface area (Å²) in [5.74, 6) is -0.500. The number of aryl methyl sites for hydroxylation is 1. The van der Waals surface area contributed by atoms with Crippen LogP contribution in [0.2, 0.25) is 0 Å². The van der Waals surface area contributed by atoms with Crippen molar-refractivity contribution in [2.24, 2.45) is 0 Å². The van der Waals surface area contributed by atoms with E-state index in [0.29, 0.717) is 11.3 Å². The molecule has 0 atom stereocenters. The van der Waals surface area contributed by atoms with Crippen molar-refractivity contribution in [2.75, 3.05) is 12.3 Å². The highest BCUT2D eigenvalue weighted by Crippen LogP contribution is 2.12. The van der Waals surface area contributed by atoms with Crippen molar-refractivity contribution in [3.63, 3.8) is 0 Å². The number of hydrogen-bond donors (Lipinski definition) is 3. The number of rotatable bonds is 3. The second kappa shape index (κ2) is 5.73. The first kappa shape index (κ1) is 15.0. The standard InChI is InChI=1S/C14H21N3O2/c1-9-7-10(5-6-11(9)15)13(19)16-8-12(18)17-14(2,3)4/h5-7H,8,15H2,1-4H3,(H,16,19)(H,17,18). The van der Waals surface area contributed by atoms with Crippen molar-refractivity contribution in [1.29, 1.82) is 0 Å². The van der Waals surface area contributed by atoms with Crippen LogP contribution in [0.25, 0.3) is 0 Å². The molecule has 1 aromatic carbocycles. The average Bonchev–Trinajstić information content (AvgIpc) is 2.27. The van der Waals surface area contributed by atoms with Gasteiger partial charge in [-0.05, 0) is 51.5 Å². The summed E-state index contributed by atoms with van der Waals surface area (Å²) in [5.41, 5.74) is 7.35. The summed E-state index contributed by atoms with van der Waals surface area (Å²) in [6.45, 7) is 7.44. The Morgan fingerprint density at radius 2 is 1.89 bits per heavy atom. The van der Waals surface area contributed by atoms with Crippen LogP contribution in [0.5, 0.6) is 0 Å². The number of benzene rings is 1. The highest BCUT2D eigenvalue weighted by Gasteiger charge is 2.14. The SMILES string of the molecule is Cc1cc(C(=O)NCC(=O)NC(C)(C)C)ccc1N. The highest BCUT2D eigenvalue weighted by atomic mass is 16.2. The van der Waals surface area contributed by atoms with Crippen molar-refractivity contribution in [3.8, 4) is 0 Å². The van der Waals surface area contributed by atoms with Crippen LogP contribution in [0.3, 0.4) is 0 Å². The number of nitrogens with two attached hydrogens (primary N) is 1. The van der Waals surface area contributed by atoms with Gasteiger partial charge in [-0.2, -0.15) is 0 Å². The maximum Gasteiger partial charge on any atom is 0.251 e. The van der Waals surface area contributed by atoms with Gasteiger partial charge in [0.25, 0.3) is 5.91 Å². The Bertz CT molecular complexity index is 490. The third-order valence-electron chi connectivity index (χ3n) is 2.46.